The van der Waals surface area contributed by atoms with E-state index in [0.29, 0.717) is 25.7 Å². The van der Waals surface area contributed by atoms with Gasteiger partial charge in [-0.2, -0.15) is 0 Å². The van der Waals surface area contributed by atoms with E-state index in [1.807, 2.05) is 68.4 Å². The third kappa shape index (κ3) is 10.6. The van der Waals surface area contributed by atoms with Crippen LogP contribution in [0.1, 0.15) is 50.7 Å². The van der Waals surface area contributed by atoms with Crippen molar-refractivity contribution in [1.29, 1.82) is 0 Å². The molecule has 1 aliphatic rings. The van der Waals surface area contributed by atoms with Crippen LogP contribution in [0.25, 0.3) is 6.08 Å². The first-order valence-corrected chi connectivity index (χ1v) is 15.1. The van der Waals surface area contributed by atoms with Gasteiger partial charge in [-0.05, 0) is 54.9 Å². The molecule has 224 valence electrons. The Morgan fingerprint density at radius 2 is 1.67 bits per heavy atom. The normalized spacial score (nSPS) is 17.1. The van der Waals surface area contributed by atoms with Crippen LogP contribution in [0.4, 0.5) is 0 Å². The van der Waals surface area contributed by atoms with E-state index in [9.17, 15) is 24.0 Å². The SMILES string of the molecule is CC(C)C[C@H](NC(=O)[C@H](Cc1ccccc1Br)NC(=O)C=Cc1ccccc1)C(=O)N[C@H](C=O)C[C@@H]1CCCNC1=O. The molecule has 3 rings (SSSR count). The van der Waals surface area contributed by atoms with Crippen molar-refractivity contribution in [1.82, 2.24) is 21.3 Å². The second kappa shape index (κ2) is 16.6. The summed E-state index contributed by atoms with van der Waals surface area (Å²) >= 11 is 3.50. The molecule has 1 saturated heterocycles. The standard InChI is InChI=1S/C32H39BrN4O5/c1-21(2)17-27(31(41)35-25(20-38)18-24-12-8-16-34-30(24)40)37-32(42)28(19-23-11-6-7-13-26(23)33)36-29(39)15-14-22-9-4-3-5-10-22/h3-7,9-11,13-15,20-21,24-25,27-28H,8,12,16-19H2,1-2H3,(H,34,40)(H,35,41)(H,36,39)(H,37,42)/t24-,25-,27-,28-/m0/s1. The van der Waals surface area contributed by atoms with E-state index in [1.165, 1.54) is 6.08 Å². The number of amides is 4. The predicted molar refractivity (Wildman–Crippen MR) is 165 cm³/mol. The number of aldehydes is 1. The molecule has 0 aromatic heterocycles. The fraction of sp³-hybridized carbons (Fsp3) is 0.406. The third-order valence-corrected chi connectivity index (χ3v) is 7.79. The van der Waals surface area contributed by atoms with E-state index in [0.717, 1.165) is 22.0 Å². The summed E-state index contributed by atoms with van der Waals surface area (Å²) in [5, 5.41) is 11.1. The number of hydrogen-bond acceptors (Lipinski definition) is 5. The van der Waals surface area contributed by atoms with E-state index in [1.54, 1.807) is 6.08 Å². The fourth-order valence-electron chi connectivity index (χ4n) is 4.82. The van der Waals surface area contributed by atoms with E-state index < -0.39 is 35.8 Å². The van der Waals surface area contributed by atoms with Gasteiger partial charge in [0.2, 0.25) is 23.6 Å². The Balaban J connectivity index is 1.74. The average molecular weight is 640 g/mol. The minimum absolute atomic E-state index is 0.0463. The van der Waals surface area contributed by atoms with Gasteiger partial charge in [0.05, 0.1) is 6.04 Å². The number of piperidine rings is 1. The second-order valence-electron chi connectivity index (χ2n) is 10.9. The maximum absolute atomic E-state index is 13.6. The van der Waals surface area contributed by atoms with Gasteiger partial charge in [0, 0.05) is 29.4 Å². The van der Waals surface area contributed by atoms with Gasteiger partial charge in [-0.15, -0.1) is 0 Å². The maximum atomic E-state index is 13.6. The zero-order chi connectivity index (χ0) is 30.5. The van der Waals surface area contributed by atoms with Gasteiger partial charge in [0.1, 0.15) is 18.4 Å². The largest absolute Gasteiger partial charge is 0.356 e. The molecule has 2 aromatic carbocycles. The Bertz CT molecular complexity index is 1270. The summed E-state index contributed by atoms with van der Waals surface area (Å²) in [5.74, 6) is -1.93. The quantitative estimate of drug-likeness (QED) is 0.186. The zero-order valence-electron chi connectivity index (χ0n) is 24.0. The van der Waals surface area contributed by atoms with Crippen LogP contribution in [-0.2, 0) is 30.4 Å². The molecule has 42 heavy (non-hydrogen) atoms. The van der Waals surface area contributed by atoms with Gasteiger partial charge in [-0.25, -0.2) is 0 Å². The van der Waals surface area contributed by atoms with Crippen LogP contribution >= 0.6 is 15.9 Å². The lowest BCUT2D eigenvalue weighted by molar-refractivity contribution is -0.133. The molecule has 0 aliphatic carbocycles. The molecule has 4 amide bonds. The smallest absolute Gasteiger partial charge is 0.244 e. The number of carbonyl (C=O) groups excluding carboxylic acids is 5. The monoisotopic (exact) mass is 638 g/mol. The minimum Gasteiger partial charge on any atom is -0.356 e. The van der Waals surface area contributed by atoms with Crippen molar-refractivity contribution in [2.45, 2.75) is 64.1 Å². The van der Waals surface area contributed by atoms with Gasteiger partial charge in [0.15, 0.2) is 0 Å². The van der Waals surface area contributed by atoms with Crippen molar-refractivity contribution >= 4 is 51.9 Å². The second-order valence-corrected chi connectivity index (χ2v) is 11.8. The number of nitrogens with one attached hydrogen (secondary N) is 4. The van der Waals surface area contributed by atoms with Crippen LogP contribution in [-0.4, -0.2) is 54.6 Å². The molecule has 4 N–H and O–H groups in total. The summed E-state index contributed by atoms with van der Waals surface area (Å²) in [7, 11) is 0. The number of carbonyl (C=O) groups is 5. The Labute approximate surface area is 255 Å². The highest BCUT2D eigenvalue weighted by molar-refractivity contribution is 9.10. The number of rotatable bonds is 14. The first-order valence-electron chi connectivity index (χ1n) is 14.3. The lowest BCUT2D eigenvalue weighted by Crippen LogP contribution is -2.56. The Kier molecular flexibility index (Phi) is 12.9. The molecule has 1 heterocycles. The highest BCUT2D eigenvalue weighted by Gasteiger charge is 2.31. The number of benzene rings is 2. The van der Waals surface area contributed by atoms with Crippen molar-refractivity contribution in [3.05, 3.63) is 76.3 Å². The molecule has 0 saturated carbocycles. The Morgan fingerprint density at radius 1 is 0.976 bits per heavy atom. The van der Waals surface area contributed by atoms with Gasteiger partial charge in [-0.1, -0.05) is 78.3 Å². The van der Waals surface area contributed by atoms with Crippen LogP contribution in [0.5, 0.6) is 0 Å². The summed E-state index contributed by atoms with van der Waals surface area (Å²) in [6.45, 7) is 4.45. The average Bonchev–Trinajstić information content (AvgIpc) is 2.97. The van der Waals surface area contributed by atoms with Gasteiger partial charge < -0.3 is 26.1 Å². The van der Waals surface area contributed by atoms with Crippen LogP contribution in [0.2, 0.25) is 0 Å². The molecule has 0 spiro atoms. The van der Waals surface area contributed by atoms with E-state index in [4.69, 9.17) is 0 Å². The first-order chi connectivity index (χ1) is 20.2. The third-order valence-electron chi connectivity index (χ3n) is 7.01. The van der Waals surface area contributed by atoms with E-state index >= 15 is 0 Å². The molecule has 4 atom stereocenters. The molecule has 2 aromatic rings. The molecule has 1 aliphatic heterocycles. The van der Waals surface area contributed by atoms with Crippen LogP contribution < -0.4 is 21.3 Å². The summed E-state index contributed by atoms with van der Waals surface area (Å²) in [6.07, 6.45) is 5.80. The molecule has 9 nitrogen and oxygen atoms in total. The number of hydrogen-bond donors (Lipinski definition) is 4. The summed E-state index contributed by atoms with van der Waals surface area (Å²) in [5.41, 5.74) is 1.64. The zero-order valence-corrected chi connectivity index (χ0v) is 25.6. The number of halogens is 1. The van der Waals surface area contributed by atoms with Gasteiger partial charge in [-0.3, -0.25) is 19.2 Å². The van der Waals surface area contributed by atoms with Crippen molar-refractivity contribution in [2.75, 3.05) is 6.54 Å². The lowest BCUT2D eigenvalue weighted by Gasteiger charge is -2.27. The van der Waals surface area contributed by atoms with Crippen LogP contribution in [0.3, 0.4) is 0 Å². The molecule has 0 radical (unpaired) electrons. The van der Waals surface area contributed by atoms with Crippen molar-refractivity contribution < 1.29 is 24.0 Å². The maximum Gasteiger partial charge on any atom is 0.244 e. The predicted octanol–water partition coefficient (Wildman–Crippen LogP) is 3.32. The van der Waals surface area contributed by atoms with Gasteiger partial charge in [0.25, 0.3) is 0 Å². The highest BCUT2D eigenvalue weighted by Crippen LogP contribution is 2.19. The first kappa shape index (κ1) is 32.7. The fourth-order valence-corrected chi connectivity index (χ4v) is 5.27. The molecular formula is C32H39BrN4O5. The Morgan fingerprint density at radius 3 is 2.33 bits per heavy atom. The van der Waals surface area contributed by atoms with Gasteiger partial charge >= 0.3 is 0 Å². The van der Waals surface area contributed by atoms with Crippen LogP contribution in [0.15, 0.2) is 65.1 Å². The van der Waals surface area contributed by atoms with Crippen molar-refractivity contribution in [2.24, 2.45) is 11.8 Å². The minimum atomic E-state index is -0.980. The van der Waals surface area contributed by atoms with E-state index in [2.05, 4.69) is 37.2 Å². The summed E-state index contributed by atoms with van der Waals surface area (Å²) in [6, 6.07) is 13.9. The topological polar surface area (TPSA) is 133 Å². The van der Waals surface area contributed by atoms with Crippen LogP contribution in [0, 0.1) is 11.8 Å². The molecule has 1 fully saturated rings. The lowest BCUT2D eigenvalue weighted by atomic mass is 9.91. The van der Waals surface area contributed by atoms with E-state index in [-0.39, 0.29) is 30.6 Å². The van der Waals surface area contributed by atoms with Crippen molar-refractivity contribution in [3.8, 4) is 0 Å². The van der Waals surface area contributed by atoms with Crippen molar-refractivity contribution in [3.63, 3.8) is 0 Å². The molecule has 10 heteroatoms. The summed E-state index contributed by atoms with van der Waals surface area (Å²) < 4.78 is 0.786. The molecule has 0 unspecified atom stereocenters. The highest BCUT2D eigenvalue weighted by atomic mass is 79.9. The Hall–Kier alpha value is -3.79. The molecule has 0 bridgehead atoms. The summed E-state index contributed by atoms with van der Waals surface area (Å²) in [4.78, 5) is 63.8. The molecular weight excluding hydrogens is 600 g/mol.